The molecule has 3 heteroatoms. The highest BCUT2D eigenvalue weighted by atomic mass is 15.2. The second kappa shape index (κ2) is 4.07. The van der Waals surface area contributed by atoms with Gasteiger partial charge in [0, 0.05) is 25.0 Å². The van der Waals surface area contributed by atoms with Gasteiger partial charge in [-0.3, -0.25) is 9.88 Å². The summed E-state index contributed by atoms with van der Waals surface area (Å²) in [5.41, 5.74) is 1.31. The van der Waals surface area contributed by atoms with E-state index in [2.05, 4.69) is 28.3 Å². The third-order valence-corrected chi connectivity index (χ3v) is 3.05. The first kappa shape index (κ1) is 9.62. The molecule has 14 heavy (non-hydrogen) atoms. The Labute approximate surface area is 85.1 Å². The topological polar surface area (TPSA) is 28.2 Å². The number of rotatable bonds is 2. The third kappa shape index (κ3) is 1.65. The minimum atomic E-state index is 0.480. The number of likely N-dealkylation sites (tertiary alicyclic amines) is 1. The number of aromatic nitrogens is 1. The Morgan fingerprint density at radius 1 is 1.57 bits per heavy atom. The summed E-state index contributed by atoms with van der Waals surface area (Å²) in [5.74, 6) is 0. The molecule has 2 rings (SSSR count). The van der Waals surface area contributed by atoms with Gasteiger partial charge in [0.05, 0.1) is 6.04 Å². The number of hydrogen-bond acceptors (Lipinski definition) is 3. The molecule has 3 nitrogen and oxygen atoms in total. The fourth-order valence-corrected chi connectivity index (χ4v) is 2.29. The fourth-order valence-electron chi connectivity index (χ4n) is 2.29. The average Bonchev–Trinajstić information content (AvgIpc) is 2.61. The second-order valence-corrected chi connectivity index (χ2v) is 3.90. The van der Waals surface area contributed by atoms with Crippen molar-refractivity contribution in [2.45, 2.75) is 18.5 Å². The maximum Gasteiger partial charge on any atom is 0.0514 e. The van der Waals surface area contributed by atoms with Crippen molar-refractivity contribution in [3.63, 3.8) is 0 Å². The highest BCUT2D eigenvalue weighted by molar-refractivity contribution is 5.18. The van der Waals surface area contributed by atoms with E-state index in [0.29, 0.717) is 12.1 Å². The number of nitrogens with zero attached hydrogens (tertiary/aromatic N) is 2. The van der Waals surface area contributed by atoms with Gasteiger partial charge in [0.1, 0.15) is 0 Å². The Kier molecular flexibility index (Phi) is 2.79. The molecule has 1 aliphatic heterocycles. The molecule has 1 unspecified atom stereocenters. The largest absolute Gasteiger partial charge is 0.315 e. The highest BCUT2D eigenvalue weighted by Gasteiger charge is 2.31. The van der Waals surface area contributed by atoms with Crippen LogP contribution in [0.3, 0.4) is 0 Å². The zero-order valence-corrected chi connectivity index (χ0v) is 8.77. The summed E-state index contributed by atoms with van der Waals surface area (Å²) in [5, 5.41) is 3.37. The summed E-state index contributed by atoms with van der Waals surface area (Å²) in [6, 6.07) is 5.20. The molecule has 1 N–H and O–H groups in total. The van der Waals surface area contributed by atoms with Crippen molar-refractivity contribution in [2.75, 3.05) is 20.6 Å². The van der Waals surface area contributed by atoms with Gasteiger partial charge in [-0.2, -0.15) is 0 Å². The van der Waals surface area contributed by atoms with E-state index >= 15 is 0 Å². The molecule has 0 aromatic carbocycles. The molecule has 0 amide bonds. The van der Waals surface area contributed by atoms with Gasteiger partial charge >= 0.3 is 0 Å². The van der Waals surface area contributed by atoms with E-state index in [4.69, 9.17) is 0 Å². The van der Waals surface area contributed by atoms with Crippen LogP contribution in [-0.4, -0.2) is 36.6 Å². The van der Waals surface area contributed by atoms with E-state index in [1.165, 1.54) is 12.0 Å². The summed E-state index contributed by atoms with van der Waals surface area (Å²) >= 11 is 0. The SMILES string of the molecule is CNC1CCN(C)[C@@H]1c1cccnc1. The highest BCUT2D eigenvalue weighted by Crippen LogP contribution is 2.29. The number of hydrogen-bond donors (Lipinski definition) is 1. The maximum atomic E-state index is 4.18. The van der Waals surface area contributed by atoms with Gasteiger partial charge in [0.2, 0.25) is 0 Å². The molecule has 0 spiro atoms. The molecule has 0 radical (unpaired) electrons. The monoisotopic (exact) mass is 191 g/mol. The van der Waals surface area contributed by atoms with Crippen molar-refractivity contribution in [3.8, 4) is 0 Å². The van der Waals surface area contributed by atoms with Gasteiger partial charge < -0.3 is 5.32 Å². The smallest absolute Gasteiger partial charge is 0.0514 e. The molecule has 2 heterocycles. The Morgan fingerprint density at radius 3 is 3.07 bits per heavy atom. The molecule has 0 aliphatic carbocycles. The second-order valence-electron chi connectivity index (χ2n) is 3.90. The predicted octanol–water partition coefficient (Wildman–Crippen LogP) is 1.05. The molecule has 1 saturated heterocycles. The van der Waals surface area contributed by atoms with Crippen LogP contribution in [0.4, 0.5) is 0 Å². The molecule has 1 aromatic heterocycles. The standard InChI is InChI=1S/C11H17N3/c1-12-10-5-7-14(2)11(10)9-4-3-6-13-8-9/h3-4,6,8,10-12H,5,7H2,1-2H3/t10?,11-/m1/s1. The first-order valence-electron chi connectivity index (χ1n) is 5.10. The Morgan fingerprint density at radius 2 is 2.43 bits per heavy atom. The molecule has 0 bridgehead atoms. The first-order valence-corrected chi connectivity index (χ1v) is 5.10. The lowest BCUT2D eigenvalue weighted by molar-refractivity contribution is 0.291. The van der Waals surface area contributed by atoms with Crippen LogP contribution in [-0.2, 0) is 0 Å². The van der Waals surface area contributed by atoms with Gasteiger partial charge in [-0.25, -0.2) is 0 Å². The van der Waals surface area contributed by atoms with Crippen molar-refractivity contribution >= 4 is 0 Å². The first-order chi connectivity index (χ1) is 6.83. The van der Waals surface area contributed by atoms with Crippen LogP contribution in [0.5, 0.6) is 0 Å². The Bertz CT molecular complexity index is 286. The maximum absolute atomic E-state index is 4.18. The lowest BCUT2D eigenvalue weighted by atomic mass is 10.0. The van der Waals surface area contributed by atoms with Gasteiger partial charge in [0.15, 0.2) is 0 Å². The van der Waals surface area contributed by atoms with Crippen LogP contribution in [0.25, 0.3) is 0 Å². The summed E-state index contributed by atoms with van der Waals surface area (Å²) in [6.07, 6.45) is 5.01. The van der Waals surface area contributed by atoms with E-state index in [1.54, 1.807) is 0 Å². The van der Waals surface area contributed by atoms with Crippen LogP contribution in [0.2, 0.25) is 0 Å². The van der Waals surface area contributed by atoms with Crippen LogP contribution in [0.1, 0.15) is 18.0 Å². The van der Waals surface area contributed by atoms with Crippen molar-refractivity contribution < 1.29 is 0 Å². The van der Waals surface area contributed by atoms with Crippen LogP contribution in [0, 0.1) is 0 Å². The summed E-state index contributed by atoms with van der Waals surface area (Å²) in [6.45, 7) is 1.16. The Balaban J connectivity index is 2.23. The predicted molar refractivity (Wildman–Crippen MR) is 57.1 cm³/mol. The van der Waals surface area contributed by atoms with Crippen LogP contribution < -0.4 is 5.32 Å². The quantitative estimate of drug-likeness (QED) is 0.757. The zero-order chi connectivity index (χ0) is 9.97. The van der Waals surface area contributed by atoms with E-state index in [1.807, 2.05) is 25.5 Å². The molecule has 76 valence electrons. The summed E-state index contributed by atoms with van der Waals surface area (Å²) < 4.78 is 0. The number of pyridine rings is 1. The summed E-state index contributed by atoms with van der Waals surface area (Å²) in [4.78, 5) is 6.57. The lowest BCUT2D eigenvalue weighted by Gasteiger charge is -2.24. The van der Waals surface area contributed by atoms with Crippen molar-refractivity contribution in [1.29, 1.82) is 0 Å². The zero-order valence-electron chi connectivity index (χ0n) is 8.77. The van der Waals surface area contributed by atoms with Crippen molar-refractivity contribution in [2.24, 2.45) is 0 Å². The molecule has 1 fully saturated rings. The number of nitrogens with one attached hydrogen (secondary N) is 1. The molecule has 1 aliphatic rings. The van der Waals surface area contributed by atoms with Crippen LogP contribution >= 0.6 is 0 Å². The Hall–Kier alpha value is -0.930. The van der Waals surface area contributed by atoms with E-state index in [9.17, 15) is 0 Å². The minimum Gasteiger partial charge on any atom is -0.315 e. The fraction of sp³-hybridized carbons (Fsp3) is 0.545. The lowest BCUT2D eigenvalue weighted by Crippen LogP contribution is -2.32. The molecule has 0 saturated carbocycles. The normalized spacial score (nSPS) is 28.1. The van der Waals surface area contributed by atoms with E-state index in [-0.39, 0.29) is 0 Å². The summed E-state index contributed by atoms with van der Waals surface area (Å²) in [7, 11) is 4.21. The van der Waals surface area contributed by atoms with Crippen molar-refractivity contribution in [3.05, 3.63) is 30.1 Å². The van der Waals surface area contributed by atoms with Gasteiger partial charge in [-0.1, -0.05) is 6.07 Å². The van der Waals surface area contributed by atoms with E-state index in [0.717, 1.165) is 6.54 Å². The molecular weight excluding hydrogens is 174 g/mol. The van der Waals surface area contributed by atoms with Gasteiger partial charge in [-0.15, -0.1) is 0 Å². The minimum absolute atomic E-state index is 0.480. The molecule has 2 atom stereocenters. The van der Waals surface area contributed by atoms with E-state index < -0.39 is 0 Å². The van der Waals surface area contributed by atoms with Gasteiger partial charge in [-0.05, 0) is 32.1 Å². The molecular formula is C11H17N3. The number of likely N-dealkylation sites (N-methyl/N-ethyl adjacent to an activating group) is 2. The van der Waals surface area contributed by atoms with Crippen LogP contribution in [0.15, 0.2) is 24.5 Å². The third-order valence-electron chi connectivity index (χ3n) is 3.05. The van der Waals surface area contributed by atoms with Crippen molar-refractivity contribution in [1.82, 2.24) is 15.2 Å². The van der Waals surface area contributed by atoms with Gasteiger partial charge in [0.25, 0.3) is 0 Å². The molecule has 1 aromatic rings. The average molecular weight is 191 g/mol.